The Morgan fingerprint density at radius 3 is 2.68 bits per heavy atom. The number of rotatable bonds is 3. The summed E-state index contributed by atoms with van der Waals surface area (Å²) in [7, 11) is 1.96. The summed E-state index contributed by atoms with van der Waals surface area (Å²) in [4.78, 5) is 6.83. The van der Waals surface area contributed by atoms with E-state index in [-0.39, 0.29) is 0 Å². The zero-order valence-corrected chi connectivity index (χ0v) is 13.1. The van der Waals surface area contributed by atoms with Crippen molar-refractivity contribution in [2.24, 2.45) is 5.73 Å². The van der Waals surface area contributed by atoms with Crippen LogP contribution < -0.4 is 10.6 Å². The number of nitrogens with zero attached hydrogens (tertiary/aromatic N) is 2. The maximum absolute atomic E-state index is 5.77. The lowest BCUT2D eigenvalue weighted by atomic mass is 10.1. The molecule has 0 radical (unpaired) electrons. The van der Waals surface area contributed by atoms with Crippen LogP contribution in [0.25, 0.3) is 0 Å². The van der Waals surface area contributed by atoms with Crippen molar-refractivity contribution < 1.29 is 0 Å². The van der Waals surface area contributed by atoms with Crippen LogP contribution >= 0.6 is 28.1 Å². The molecule has 0 amide bonds. The standard InChI is InChI=1S/C14H14BrN3S/c1-9-7-10(15)8-17-14(9)18(2)12-6-4-3-5-11(12)13(16)19/h3-8H,1-2H3,(H2,16,19). The summed E-state index contributed by atoms with van der Waals surface area (Å²) in [5, 5.41) is 0. The highest BCUT2D eigenvalue weighted by Gasteiger charge is 2.13. The summed E-state index contributed by atoms with van der Waals surface area (Å²) in [6, 6.07) is 9.82. The first kappa shape index (κ1) is 14.0. The first-order valence-electron chi connectivity index (χ1n) is 5.75. The van der Waals surface area contributed by atoms with E-state index in [1.807, 2.05) is 49.2 Å². The van der Waals surface area contributed by atoms with Gasteiger partial charge in [0.1, 0.15) is 10.8 Å². The molecule has 0 aliphatic heterocycles. The number of para-hydroxylation sites is 1. The van der Waals surface area contributed by atoms with Gasteiger partial charge in [0.15, 0.2) is 0 Å². The molecular formula is C14H14BrN3S. The van der Waals surface area contributed by atoms with Crippen LogP contribution in [0.4, 0.5) is 11.5 Å². The molecule has 0 aliphatic rings. The van der Waals surface area contributed by atoms with E-state index < -0.39 is 0 Å². The Kier molecular flexibility index (Phi) is 4.17. The Hall–Kier alpha value is -1.46. The second-order valence-corrected chi connectivity index (χ2v) is 5.59. The summed E-state index contributed by atoms with van der Waals surface area (Å²) in [5.41, 5.74) is 8.65. The highest BCUT2D eigenvalue weighted by atomic mass is 79.9. The van der Waals surface area contributed by atoms with Gasteiger partial charge in [-0.3, -0.25) is 0 Å². The highest BCUT2D eigenvalue weighted by Crippen LogP contribution is 2.28. The van der Waals surface area contributed by atoms with Gasteiger partial charge in [0.2, 0.25) is 0 Å². The Morgan fingerprint density at radius 2 is 2.05 bits per heavy atom. The van der Waals surface area contributed by atoms with Crippen molar-refractivity contribution in [1.29, 1.82) is 0 Å². The Balaban J connectivity index is 2.50. The maximum atomic E-state index is 5.77. The minimum atomic E-state index is 0.386. The normalized spacial score (nSPS) is 10.3. The molecule has 0 saturated carbocycles. The van der Waals surface area contributed by atoms with E-state index in [9.17, 15) is 0 Å². The Labute approximate surface area is 126 Å². The maximum Gasteiger partial charge on any atom is 0.135 e. The van der Waals surface area contributed by atoms with Crippen LogP contribution in [0.3, 0.4) is 0 Å². The number of hydrogen-bond acceptors (Lipinski definition) is 3. The van der Waals surface area contributed by atoms with E-state index in [1.165, 1.54) is 0 Å². The van der Waals surface area contributed by atoms with Gasteiger partial charge in [-0.05, 0) is 46.6 Å². The van der Waals surface area contributed by atoms with Gasteiger partial charge >= 0.3 is 0 Å². The summed E-state index contributed by atoms with van der Waals surface area (Å²) >= 11 is 8.51. The summed E-state index contributed by atoms with van der Waals surface area (Å²) in [6.45, 7) is 2.02. The van der Waals surface area contributed by atoms with Crippen molar-refractivity contribution in [2.45, 2.75) is 6.92 Å². The summed E-state index contributed by atoms with van der Waals surface area (Å²) < 4.78 is 0.963. The topological polar surface area (TPSA) is 42.2 Å². The number of hydrogen-bond donors (Lipinski definition) is 1. The molecule has 1 heterocycles. The predicted molar refractivity (Wildman–Crippen MR) is 87.1 cm³/mol. The molecule has 1 aromatic heterocycles. The van der Waals surface area contributed by atoms with E-state index in [2.05, 4.69) is 20.9 Å². The lowest BCUT2D eigenvalue weighted by molar-refractivity contribution is 1.09. The average Bonchev–Trinajstić information content (AvgIpc) is 2.38. The Bertz CT molecular complexity index is 628. The van der Waals surface area contributed by atoms with E-state index in [0.717, 1.165) is 27.1 Å². The van der Waals surface area contributed by atoms with Crippen LogP contribution in [0.1, 0.15) is 11.1 Å². The first-order valence-corrected chi connectivity index (χ1v) is 6.95. The highest BCUT2D eigenvalue weighted by molar-refractivity contribution is 9.10. The summed E-state index contributed by atoms with van der Waals surface area (Å²) in [6.07, 6.45) is 1.78. The molecule has 19 heavy (non-hydrogen) atoms. The van der Waals surface area contributed by atoms with Crippen LogP contribution in [0.5, 0.6) is 0 Å². The second-order valence-electron chi connectivity index (χ2n) is 4.23. The third-order valence-corrected chi connectivity index (χ3v) is 3.52. The lowest BCUT2D eigenvalue weighted by Crippen LogP contribution is -2.19. The van der Waals surface area contributed by atoms with Crippen molar-refractivity contribution in [3.63, 3.8) is 0 Å². The molecule has 1 aromatic carbocycles. The van der Waals surface area contributed by atoms with Gasteiger partial charge in [0.05, 0.1) is 5.69 Å². The fourth-order valence-corrected chi connectivity index (χ4v) is 2.59. The van der Waals surface area contributed by atoms with E-state index >= 15 is 0 Å². The SMILES string of the molecule is Cc1cc(Br)cnc1N(C)c1ccccc1C(N)=S. The number of benzene rings is 1. The molecule has 0 spiro atoms. The molecule has 2 N–H and O–H groups in total. The van der Waals surface area contributed by atoms with Gasteiger partial charge in [-0.1, -0.05) is 24.4 Å². The zero-order chi connectivity index (χ0) is 14.0. The lowest BCUT2D eigenvalue weighted by Gasteiger charge is -2.22. The van der Waals surface area contributed by atoms with Crippen LogP contribution in [0, 0.1) is 6.92 Å². The second kappa shape index (κ2) is 5.67. The van der Waals surface area contributed by atoms with Crippen LogP contribution in [0.15, 0.2) is 41.0 Å². The molecule has 2 aromatic rings. The summed E-state index contributed by atoms with van der Waals surface area (Å²) in [5.74, 6) is 0.881. The molecule has 0 atom stereocenters. The molecule has 0 fully saturated rings. The molecule has 5 heteroatoms. The quantitative estimate of drug-likeness (QED) is 0.871. The number of aryl methyl sites for hydroxylation is 1. The average molecular weight is 336 g/mol. The van der Waals surface area contributed by atoms with Crippen molar-refractivity contribution in [3.8, 4) is 0 Å². The molecule has 0 saturated heterocycles. The largest absolute Gasteiger partial charge is 0.389 e. The zero-order valence-electron chi connectivity index (χ0n) is 10.7. The number of anilines is 2. The third kappa shape index (κ3) is 2.93. The van der Waals surface area contributed by atoms with E-state index in [4.69, 9.17) is 18.0 Å². The molecule has 2 rings (SSSR count). The Morgan fingerprint density at radius 1 is 1.37 bits per heavy atom. The first-order chi connectivity index (χ1) is 9.00. The van der Waals surface area contributed by atoms with Gasteiger partial charge in [0, 0.05) is 23.3 Å². The minimum absolute atomic E-state index is 0.386. The van der Waals surface area contributed by atoms with Crippen LogP contribution in [-0.4, -0.2) is 17.0 Å². The number of aromatic nitrogens is 1. The monoisotopic (exact) mass is 335 g/mol. The molecule has 0 bridgehead atoms. The number of thiocarbonyl (C=S) groups is 1. The molecule has 0 unspecified atom stereocenters. The minimum Gasteiger partial charge on any atom is -0.389 e. The molecule has 98 valence electrons. The number of halogens is 1. The third-order valence-electron chi connectivity index (χ3n) is 2.87. The molecular weight excluding hydrogens is 322 g/mol. The van der Waals surface area contributed by atoms with Crippen molar-refractivity contribution in [3.05, 3.63) is 52.1 Å². The van der Waals surface area contributed by atoms with Gasteiger partial charge in [-0.25, -0.2) is 4.98 Å². The van der Waals surface area contributed by atoms with Gasteiger partial charge in [-0.2, -0.15) is 0 Å². The molecule has 3 nitrogen and oxygen atoms in total. The van der Waals surface area contributed by atoms with E-state index in [0.29, 0.717) is 4.99 Å². The van der Waals surface area contributed by atoms with E-state index in [1.54, 1.807) is 6.20 Å². The predicted octanol–water partition coefficient (Wildman–Crippen LogP) is 3.55. The van der Waals surface area contributed by atoms with Gasteiger partial charge < -0.3 is 10.6 Å². The number of pyridine rings is 1. The molecule has 0 aliphatic carbocycles. The van der Waals surface area contributed by atoms with Crippen LogP contribution in [0.2, 0.25) is 0 Å². The van der Waals surface area contributed by atoms with Gasteiger partial charge in [-0.15, -0.1) is 0 Å². The smallest absolute Gasteiger partial charge is 0.135 e. The van der Waals surface area contributed by atoms with Crippen molar-refractivity contribution in [2.75, 3.05) is 11.9 Å². The van der Waals surface area contributed by atoms with Crippen molar-refractivity contribution >= 4 is 44.6 Å². The van der Waals surface area contributed by atoms with Crippen molar-refractivity contribution in [1.82, 2.24) is 4.98 Å². The fraction of sp³-hybridized carbons (Fsp3) is 0.143. The van der Waals surface area contributed by atoms with Gasteiger partial charge in [0.25, 0.3) is 0 Å². The number of nitrogens with two attached hydrogens (primary N) is 1. The fourth-order valence-electron chi connectivity index (χ4n) is 1.97. The van der Waals surface area contributed by atoms with Crippen LogP contribution in [-0.2, 0) is 0 Å².